The second kappa shape index (κ2) is 7.47. The van der Waals surface area contributed by atoms with Crippen LogP contribution in [0.15, 0.2) is 23.1 Å². The van der Waals surface area contributed by atoms with Gasteiger partial charge in [0.05, 0.1) is 0 Å². The van der Waals surface area contributed by atoms with Gasteiger partial charge in [0.1, 0.15) is 11.6 Å². The van der Waals surface area contributed by atoms with E-state index in [2.05, 4.69) is 0 Å². The summed E-state index contributed by atoms with van der Waals surface area (Å²) in [5.41, 5.74) is 0. The van der Waals surface area contributed by atoms with Crippen molar-refractivity contribution in [1.82, 2.24) is 12.9 Å². The maximum Gasteiger partial charge on any atom is 0.282 e. The van der Waals surface area contributed by atoms with Crippen LogP contribution in [-0.4, -0.2) is 69.0 Å². The molecular weight excluding hydrogens is 388 g/mol. The topological polar surface area (TPSA) is 78.0 Å². The minimum atomic E-state index is -4.37. The van der Waals surface area contributed by atoms with Gasteiger partial charge in [-0.05, 0) is 25.0 Å². The first-order chi connectivity index (χ1) is 12.2. The molecule has 0 unspecified atom stereocenters. The predicted octanol–water partition coefficient (Wildman–Crippen LogP) is 1.00. The van der Waals surface area contributed by atoms with Gasteiger partial charge in [-0.1, -0.05) is 12.5 Å². The van der Waals surface area contributed by atoms with Crippen LogP contribution in [0.5, 0.6) is 0 Å². The lowest BCUT2D eigenvalue weighted by molar-refractivity contribution is 0.244. The zero-order chi connectivity index (χ0) is 18.9. The molecule has 2 aliphatic rings. The van der Waals surface area contributed by atoms with E-state index in [1.807, 2.05) is 0 Å². The fraction of sp³-hybridized carbons (Fsp3) is 0.600. The Kier molecular flexibility index (Phi) is 5.63. The molecule has 11 heteroatoms. The fourth-order valence-electron chi connectivity index (χ4n) is 3.26. The van der Waals surface area contributed by atoms with Gasteiger partial charge in [-0.3, -0.25) is 0 Å². The van der Waals surface area contributed by atoms with Crippen LogP contribution in [0.3, 0.4) is 0 Å². The standard InChI is InChI=1S/C15H21F2N3O4S2/c16-13-5-4-6-14(17)15(13)25(21,22)18-9-11-20(12-10-18)26(23,24)19-7-2-1-3-8-19/h4-6H,1-3,7-12H2. The van der Waals surface area contributed by atoms with E-state index < -0.39 is 36.8 Å². The summed E-state index contributed by atoms with van der Waals surface area (Å²) < 4.78 is 81.7. The molecule has 0 spiro atoms. The van der Waals surface area contributed by atoms with E-state index in [0.29, 0.717) is 13.1 Å². The van der Waals surface area contributed by atoms with Crippen molar-refractivity contribution < 1.29 is 25.6 Å². The smallest absolute Gasteiger partial charge is 0.207 e. The Morgan fingerprint density at radius 3 is 1.69 bits per heavy atom. The van der Waals surface area contributed by atoms with Crippen LogP contribution in [0.2, 0.25) is 0 Å². The van der Waals surface area contributed by atoms with Crippen molar-refractivity contribution in [1.29, 1.82) is 0 Å². The van der Waals surface area contributed by atoms with E-state index in [1.165, 1.54) is 8.61 Å². The SMILES string of the molecule is O=S(=O)(c1c(F)cccc1F)N1CCN(S(=O)(=O)N2CCCCC2)CC1. The van der Waals surface area contributed by atoms with Crippen molar-refractivity contribution in [3.05, 3.63) is 29.8 Å². The molecule has 7 nitrogen and oxygen atoms in total. The first-order valence-corrected chi connectivity index (χ1v) is 11.3. The summed E-state index contributed by atoms with van der Waals surface area (Å²) in [6.07, 6.45) is 2.60. The number of hydrogen-bond donors (Lipinski definition) is 0. The van der Waals surface area contributed by atoms with Gasteiger partial charge in [0, 0.05) is 39.3 Å². The Hall–Kier alpha value is -1.14. The Bertz CT molecular complexity index is 843. The summed E-state index contributed by atoms with van der Waals surface area (Å²) in [7, 11) is -8.01. The zero-order valence-electron chi connectivity index (χ0n) is 14.1. The maximum atomic E-state index is 13.9. The average Bonchev–Trinajstić information content (AvgIpc) is 2.62. The van der Waals surface area contributed by atoms with Gasteiger partial charge < -0.3 is 0 Å². The molecule has 0 aliphatic carbocycles. The Morgan fingerprint density at radius 1 is 0.692 bits per heavy atom. The Balaban J connectivity index is 1.74. The quantitative estimate of drug-likeness (QED) is 0.743. The van der Waals surface area contributed by atoms with Crippen molar-refractivity contribution >= 4 is 20.2 Å². The molecule has 0 bridgehead atoms. The molecule has 2 fully saturated rings. The molecule has 146 valence electrons. The molecular formula is C15H21F2N3O4S2. The highest BCUT2D eigenvalue weighted by molar-refractivity contribution is 7.89. The van der Waals surface area contributed by atoms with Gasteiger partial charge in [-0.2, -0.15) is 21.3 Å². The monoisotopic (exact) mass is 409 g/mol. The van der Waals surface area contributed by atoms with Crippen molar-refractivity contribution in [2.45, 2.75) is 24.2 Å². The Morgan fingerprint density at radius 2 is 1.15 bits per heavy atom. The molecule has 0 amide bonds. The predicted molar refractivity (Wildman–Crippen MR) is 91.0 cm³/mol. The molecule has 1 aromatic carbocycles. The van der Waals surface area contributed by atoms with Gasteiger partial charge in [-0.15, -0.1) is 0 Å². The number of piperidine rings is 1. The normalized spacial score (nSPS) is 21.8. The molecule has 2 heterocycles. The van der Waals surface area contributed by atoms with Crippen molar-refractivity contribution in [3.63, 3.8) is 0 Å². The third kappa shape index (κ3) is 3.63. The summed E-state index contributed by atoms with van der Waals surface area (Å²) >= 11 is 0. The minimum Gasteiger partial charge on any atom is -0.207 e. The molecule has 0 radical (unpaired) electrons. The molecule has 0 saturated carbocycles. The van der Waals surface area contributed by atoms with E-state index in [9.17, 15) is 25.6 Å². The highest BCUT2D eigenvalue weighted by Crippen LogP contribution is 2.25. The molecule has 1 aromatic rings. The lowest BCUT2D eigenvalue weighted by atomic mass is 10.2. The second-order valence-corrected chi connectivity index (χ2v) is 10.1. The number of benzene rings is 1. The first-order valence-electron chi connectivity index (χ1n) is 8.44. The molecule has 0 atom stereocenters. The second-order valence-electron chi connectivity index (χ2n) is 6.32. The van der Waals surface area contributed by atoms with Crippen LogP contribution in [0.25, 0.3) is 0 Å². The highest BCUT2D eigenvalue weighted by Gasteiger charge is 2.38. The summed E-state index contributed by atoms with van der Waals surface area (Å²) in [4.78, 5) is -0.993. The average molecular weight is 409 g/mol. The summed E-state index contributed by atoms with van der Waals surface area (Å²) in [5.74, 6) is -2.32. The van der Waals surface area contributed by atoms with Crippen LogP contribution in [0.1, 0.15) is 19.3 Å². The fourth-order valence-corrected chi connectivity index (χ4v) is 6.46. The van der Waals surface area contributed by atoms with Gasteiger partial charge in [0.25, 0.3) is 10.2 Å². The van der Waals surface area contributed by atoms with Crippen LogP contribution in [-0.2, 0) is 20.2 Å². The molecule has 26 heavy (non-hydrogen) atoms. The van der Waals surface area contributed by atoms with Gasteiger partial charge in [0.15, 0.2) is 4.90 Å². The molecule has 0 aromatic heterocycles. The van der Waals surface area contributed by atoms with Crippen molar-refractivity contribution in [3.8, 4) is 0 Å². The summed E-state index contributed by atoms with van der Waals surface area (Å²) in [5, 5.41) is 0. The largest absolute Gasteiger partial charge is 0.282 e. The number of sulfonamides is 1. The highest BCUT2D eigenvalue weighted by atomic mass is 32.2. The number of nitrogens with zero attached hydrogens (tertiary/aromatic N) is 3. The number of rotatable bonds is 4. The van der Waals surface area contributed by atoms with E-state index in [-0.39, 0.29) is 26.2 Å². The third-order valence-corrected chi connectivity index (χ3v) is 8.67. The van der Waals surface area contributed by atoms with E-state index in [0.717, 1.165) is 41.8 Å². The van der Waals surface area contributed by atoms with Gasteiger partial charge in [0.2, 0.25) is 10.0 Å². The maximum absolute atomic E-state index is 13.9. The molecule has 2 saturated heterocycles. The summed E-state index contributed by atoms with van der Waals surface area (Å²) in [6.45, 7) is 0.525. The number of halogens is 2. The molecule has 2 aliphatic heterocycles. The zero-order valence-corrected chi connectivity index (χ0v) is 15.8. The van der Waals surface area contributed by atoms with Crippen molar-refractivity contribution in [2.24, 2.45) is 0 Å². The number of hydrogen-bond acceptors (Lipinski definition) is 4. The van der Waals surface area contributed by atoms with Crippen LogP contribution >= 0.6 is 0 Å². The molecule has 3 rings (SSSR count). The van der Waals surface area contributed by atoms with E-state index >= 15 is 0 Å². The van der Waals surface area contributed by atoms with E-state index in [1.54, 1.807) is 0 Å². The molecule has 0 N–H and O–H groups in total. The summed E-state index contributed by atoms with van der Waals surface area (Å²) in [6, 6.07) is 2.85. The lowest BCUT2D eigenvalue weighted by Gasteiger charge is -2.37. The number of piperazine rings is 1. The van der Waals surface area contributed by atoms with Crippen LogP contribution in [0.4, 0.5) is 8.78 Å². The first kappa shape index (κ1) is 19.6. The minimum absolute atomic E-state index is 0.0475. The van der Waals surface area contributed by atoms with E-state index in [4.69, 9.17) is 0 Å². The lowest BCUT2D eigenvalue weighted by Crippen LogP contribution is -2.54. The van der Waals surface area contributed by atoms with Gasteiger partial charge >= 0.3 is 0 Å². The van der Waals surface area contributed by atoms with Gasteiger partial charge in [-0.25, -0.2) is 17.2 Å². The Labute approximate surface area is 152 Å². The van der Waals surface area contributed by atoms with Crippen LogP contribution < -0.4 is 0 Å². The van der Waals surface area contributed by atoms with Crippen LogP contribution in [0, 0.1) is 11.6 Å². The van der Waals surface area contributed by atoms with Crippen molar-refractivity contribution in [2.75, 3.05) is 39.3 Å². The third-order valence-electron chi connectivity index (χ3n) is 4.68.